The molecule has 112 valence electrons. The molecule has 1 aliphatic carbocycles. The van der Waals surface area contributed by atoms with Gasteiger partial charge < -0.3 is 10.6 Å². The number of hydrogen-bond donors (Lipinski definition) is 2. The first-order chi connectivity index (χ1) is 10.2. The Hall–Kier alpha value is -2.18. The van der Waals surface area contributed by atoms with Crippen molar-refractivity contribution < 1.29 is 0 Å². The SMILES string of the molecule is CCNc1nc(NC(C)CC2CC2)nc(-n2cccn2)n1. The molecule has 0 radical (unpaired) electrons. The Morgan fingerprint density at radius 3 is 2.76 bits per heavy atom. The summed E-state index contributed by atoms with van der Waals surface area (Å²) in [5, 5.41) is 10.7. The van der Waals surface area contributed by atoms with Gasteiger partial charge in [0.1, 0.15) is 0 Å². The van der Waals surface area contributed by atoms with Crippen molar-refractivity contribution in [3.63, 3.8) is 0 Å². The van der Waals surface area contributed by atoms with Gasteiger partial charge in [0.2, 0.25) is 11.9 Å². The fraction of sp³-hybridized carbons (Fsp3) is 0.571. The van der Waals surface area contributed by atoms with Crippen LogP contribution in [0, 0.1) is 5.92 Å². The first kappa shape index (κ1) is 13.8. The van der Waals surface area contributed by atoms with Gasteiger partial charge in [-0.1, -0.05) is 12.8 Å². The summed E-state index contributed by atoms with van der Waals surface area (Å²) in [6, 6.07) is 2.21. The van der Waals surface area contributed by atoms with Crippen molar-refractivity contribution in [2.45, 2.75) is 39.2 Å². The van der Waals surface area contributed by atoms with Gasteiger partial charge in [0.15, 0.2) is 0 Å². The highest BCUT2D eigenvalue weighted by atomic mass is 15.4. The summed E-state index contributed by atoms with van der Waals surface area (Å²) in [6.45, 7) is 4.95. The van der Waals surface area contributed by atoms with Crippen LogP contribution in [0.3, 0.4) is 0 Å². The predicted molar refractivity (Wildman–Crippen MR) is 81.5 cm³/mol. The third kappa shape index (κ3) is 3.68. The lowest BCUT2D eigenvalue weighted by Crippen LogP contribution is -2.20. The van der Waals surface area contributed by atoms with E-state index in [-0.39, 0.29) is 0 Å². The zero-order valence-electron chi connectivity index (χ0n) is 12.5. The molecule has 2 aromatic heterocycles. The molecular formula is C14H21N7. The molecule has 0 bridgehead atoms. The Morgan fingerprint density at radius 2 is 2.10 bits per heavy atom. The Morgan fingerprint density at radius 1 is 1.29 bits per heavy atom. The highest BCUT2D eigenvalue weighted by molar-refractivity contribution is 5.38. The number of aromatic nitrogens is 5. The maximum atomic E-state index is 4.45. The summed E-state index contributed by atoms with van der Waals surface area (Å²) in [4.78, 5) is 13.2. The zero-order valence-corrected chi connectivity index (χ0v) is 12.5. The van der Waals surface area contributed by atoms with E-state index in [4.69, 9.17) is 0 Å². The molecule has 0 amide bonds. The van der Waals surface area contributed by atoms with Crippen LogP contribution in [0.25, 0.3) is 5.95 Å². The molecule has 21 heavy (non-hydrogen) atoms. The van der Waals surface area contributed by atoms with Gasteiger partial charge in [-0.15, -0.1) is 0 Å². The quantitative estimate of drug-likeness (QED) is 0.811. The van der Waals surface area contributed by atoms with Gasteiger partial charge in [0.25, 0.3) is 5.95 Å². The molecule has 0 spiro atoms. The normalized spacial score (nSPS) is 15.7. The van der Waals surface area contributed by atoms with E-state index in [1.807, 2.05) is 19.2 Å². The summed E-state index contributed by atoms with van der Waals surface area (Å²) >= 11 is 0. The van der Waals surface area contributed by atoms with E-state index in [9.17, 15) is 0 Å². The second-order valence-corrected chi connectivity index (χ2v) is 5.49. The molecule has 1 saturated carbocycles. The van der Waals surface area contributed by atoms with E-state index in [1.54, 1.807) is 10.9 Å². The average Bonchev–Trinajstić information content (AvgIpc) is 3.08. The molecule has 2 aromatic rings. The van der Waals surface area contributed by atoms with Crippen molar-refractivity contribution in [1.29, 1.82) is 0 Å². The molecule has 3 rings (SSSR count). The summed E-state index contributed by atoms with van der Waals surface area (Å²) < 4.78 is 1.64. The average molecular weight is 287 g/mol. The van der Waals surface area contributed by atoms with Crippen LogP contribution in [0.15, 0.2) is 18.5 Å². The lowest BCUT2D eigenvalue weighted by atomic mass is 10.2. The van der Waals surface area contributed by atoms with Crippen molar-refractivity contribution in [3.8, 4) is 5.95 Å². The van der Waals surface area contributed by atoms with E-state index in [0.29, 0.717) is 23.9 Å². The summed E-state index contributed by atoms with van der Waals surface area (Å²) in [5.74, 6) is 2.55. The predicted octanol–water partition coefficient (Wildman–Crippen LogP) is 2.09. The molecule has 7 heteroatoms. The van der Waals surface area contributed by atoms with Crippen LogP contribution in [-0.4, -0.2) is 37.3 Å². The monoisotopic (exact) mass is 287 g/mol. The lowest BCUT2D eigenvalue weighted by molar-refractivity contribution is 0.636. The Balaban J connectivity index is 1.80. The van der Waals surface area contributed by atoms with Crippen molar-refractivity contribution in [2.24, 2.45) is 5.92 Å². The van der Waals surface area contributed by atoms with Gasteiger partial charge in [-0.2, -0.15) is 20.1 Å². The van der Waals surface area contributed by atoms with Gasteiger partial charge in [-0.25, -0.2) is 4.68 Å². The maximum Gasteiger partial charge on any atom is 0.257 e. The molecule has 2 N–H and O–H groups in total. The van der Waals surface area contributed by atoms with Crippen LogP contribution in [-0.2, 0) is 0 Å². The second kappa shape index (κ2) is 6.07. The maximum absolute atomic E-state index is 4.45. The first-order valence-corrected chi connectivity index (χ1v) is 7.51. The zero-order chi connectivity index (χ0) is 14.7. The molecule has 7 nitrogen and oxygen atoms in total. The Kier molecular flexibility index (Phi) is 3.98. The second-order valence-electron chi connectivity index (χ2n) is 5.49. The van der Waals surface area contributed by atoms with Crippen molar-refractivity contribution in [2.75, 3.05) is 17.2 Å². The van der Waals surface area contributed by atoms with Crippen LogP contribution in [0.1, 0.15) is 33.1 Å². The summed E-state index contributed by atoms with van der Waals surface area (Å²) in [6.07, 6.45) is 7.40. The Labute approximate surface area is 124 Å². The Bertz CT molecular complexity index is 577. The fourth-order valence-electron chi connectivity index (χ4n) is 2.29. The van der Waals surface area contributed by atoms with Gasteiger partial charge in [0, 0.05) is 25.0 Å². The topological polar surface area (TPSA) is 80.5 Å². The third-order valence-corrected chi connectivity index (χ3v) is 3.43. The minimum absolute atomic E-state index is 0.361. The van der Waals surface area contributed by atoms with Crippen LogP contribution < -0.4 is 10.6 Å². The standard InChI is InChI=1S/C14H21N7/c1-3-15-12-18-13(17-10(2)9-11-5-6-11)20-14(19-12)21-8-4-7-16-21/h4,7-8,10-11H,3,5-6,9H2,1-2H3,(H2,15,17,18,19,20). The van der Waals surface area contributed by atoms with Crippen LogP contribution in [0.2, 0.25) is 0 Å². The van der Waals surface area contributed by atoms with Gasteiger partial charge >= 0.3 is 0 Å². The third-order valence-electron chi connectivity index (χ3n) is 3.43. The first-order valence-electron chi connectivity index (χ1n) is 7.51. The number of nitrogens with zero attached hydrogens (tertiary/aromatic N) is 5. The number of nitrogens with one attached hydrogen (secondary N) is 2. The highest BCUT2D eigenvalue weighted by Gasteiger charge is 2.24. The largest absolute Gasteiger partial charge is 0.354 e. The summed E-state index contributed by atoms with van der Waals surface area (Å²) in [5.41, 5.74) is 0. The van der Waals surface area contributed by atoms with E-state index in [0.717, 1.165) is 12.5 Å². The lowest BCUT2D eigenvalue weighted by Gasteiger charge is -2.14. The highest BCUT2D eigenvalue weighted by Crippen LogP contribution is 2.33. The molecule has 2 heterocycles. The van der Waals surface area contributed by atoms with Crippen LogP contribution in [0.5, 0.6) is 0 Å². The van der Waals surface area contributed by atoms with E-state index >= 15 is 0 Å². The van der Waals surface area contributed by atoms with Gasteiger partial charge in [0.05, 0.1) is 0 Å². The van der Waals surface area contributed by atoms with Crippen molar-refractivity contribution >= 4 is 11.9 Å². The fourth-order valence-corrected chi connectivity index (χ4v) is 2.29. The van der Waals surface area contributed by atoms with Gasteiger partial charge in [-0.05, 0) is 32.3 Å². The number of anilines is 2. The van der Waals surface area contributed by atoms with E-state index in [1.165, 1.54) is 19.3 Å². The molecule has 1 aliphatic rings. The van der Waals surface area contributed by atoms with Crippen molar-refractivity contribution in [1.82, 2.24) is 24.7 Å². The molecular weight excluding hydrogens is 266 g/mol. The molecule has 0 aliphatic heterocycles. The van der Waals surface area contributed by atoms with E-state index < -0.39 is 0 Å². The molecule has 0 aromatic carbocycles. The molecule has 1 fully saturated rings. The summed E-state index contributed by atoms with van der Waals surface area (Å²) in [7, 11) is 0. The minimum atomic E-state index is 0.361. The van der Waals surface area contributed by atoms with E-state index in [2.05, 4.69) is 37.6 Å². The van der Waals surface area contributed by atoms with Crippen LogP contribution in [0.4, 0.5) is 11.9 Å². The smallest absolute Gasteiger partial charge is 0.257 e. The number of hydrogen-bond acceptors (Lipinski definition) is 6. The minimum Gasteiger partial charge on any atom is -0.354 e. The molecule has 1 atom stereocenters. The molecule has 0 saturated heterocycles. The van der Waals surface area contributed by atoms with Gasteiger partial charge in [-0.3, -0.25) is 0 Å². The number of rotatable bonds is 7. The van der Waals surface area contributed by atoms with Crippen molar-refractivity contribution in [3.05, 3.63) is 18.5 Å². The molecule has 1 unspecified atom stereocenters. The van der Waals surface area contributed by atoms with Crippen LogP contribution >= 0.6 is 0 Å².